The predicted molar refractivity (Wildman–Crippen MR) is 62.5 cm³/mol. The molecule has 1 aromatic carbocycles. The van der Waals surface area contributed by atoms with Crippen molar-refractivity contribution in [2.45, 2.75) is 0 Å². The third-order valence-corrected chi connectivity index (χ3v) is 2.37. The molecule has 0 spiro atoms. The van der Waals surface area contributed by atoms with Crippen molar-refractivity contribution in [2.75, 3.05) is 5.73 Å². The summed E-state index contributed by atoms with van der Waals surface area (Å²) in [6.07, 6.45) is 0. The number of pyridine rings is 1. The molecule has 0 radical (unpaired) electrons. The van der Waals surface area contributed by atoms with E-state index in [1.807, 2.05) is 0 Å². The third kappa shape index (κ3) is 2.13. The Morgan fingerprint density at radius 3 is 2.50 bits per heavy atom. The van der Waals surface area contributed by atoms with Gasteiger partial charge < -0.3 is 11.5 Å². The van der Waals surface area contributed by atoms with Gasteiger partial charge in [-0.2, -0.15) is 0 Å². The van der Waals surface area contributed by atoms with Gasteiger partial charge >= 0.3 is 0 Å². The van der Waals surface area contributed by atoms with E-state index in [4.69, 9.17) is 11.5 Å². The Kier molecular flexibility index (Phi) is 2.93. The fourth-order valence-corrected chi connectivity index (χ4v) is 1.51. The van der Waals surface area contributed by atoms with Crippen molar-refractivity contribution in [1.82, 2.24) is 4.98 Å². The molecule has 0 atom stereocenters. The lowest BCUT2D eigenvalue weighted by Gasteiger charge is -2.06. The summed E-state index contributed by atoms with van der Waals surface area (Å²) in [4.78, 5) is 14.9. The first kappa shape index (κ1) is 12.0. The lowest BCUT2D eigenvalue weighted by molar-refractivity contribution is 0.0996. The molecule has 1 heterocycles. The van der Waals surface area contributed by atoms with Crippen LogP contribution in [0.4, 0.5) is 14.5 Å². The molecule has 1 aromatic heterocycles. The van der Waals surface area contributed by atoms with E-state index in [0.717, 1.165) is 12.1 Å². The number of carbonyl (C=O) groups is 1. The SMILES string of the molecule is NC(=O)c1nc(-c2ccc(F)cc2F)ccc1N. The highest BCUT2D eigenvalue weighted by atomic mass is 19.1. The summed E-state index contributed by atoms with van der Waals surface area (Å²) in [7, 11) is 0. The van der Waals surface area contributed by atoms with E-state index in [1.165, 1.54) is 18.2 Å². The van der Waals surface area contributed by atoms with Crippen LogP contribution in [0.5, 0.6) is 0 Å². The second-order valence-corrected chi connectivity index (χ2v) is 3.62. The van der Waals surface area contributed by atoms with Crippen LogP contribution in [0.2, 0.25) is 0 Å². The number of halogens is 2. The van der Waals surface area contributed by atoms with Crippen molar-refractivity contribution in [1.29, 1.82) is 0 Å². The largest absolute Gasteiger partial charge is 0.397 e. The zero-order valence-corrected chi connectivity index (χ0v) is 9.15. The number of amides is 1. The highest BCUT2D eigenvalue weighted by Crippen LogP contribution is 2.23. The van der Waals surface area contributed by atoms with Crippen molar-refractivity contribution >= 4 is 11.6 Å². The average Bonchev–Trinajstić information content (AvgIpc) is 2.30. The number of nitrogens with zero attached hydrogens (tertiary/aromatic N) is 1. The third-order valence-electron chi connectivity index (χ3n) is 2.37. The second-order valence-electron chi connectivity index (χ2n) is 3.62. The minimum Gasteiger partial charge on any atom is -0.397 e. The summed E-state index contributed by atoms with van der Waals surface area (Å²) in [6.45, 7) is 0. The Labute approximate surface area is 101 Å². The maximum atomic E-state index is 13.5. The number of benzene rings is 1. The summed E-state index contributed by atoms with van der Waals surface area (Å²) in [5, 5.41) is 0. The molecule has 0 aliphatic rings. The summed E-state index contributed by atoms with van der Waals surface area (Å²) in [6, 6.07) is 5.88. The Morgan fingerprint density at radius 2 is 1.89 bits per heavy atom. The molecule has 0 aliphatic heterocycles. The number of hydrogen-bond donors (Lipinski definition) is 2. The van der Waals surface area contributed by atoms with E-state index in [0.29, 0.717) is 0 Å². The molecular weight excluding hydrogens is 240 g/mol. The van der Waals surface area contributed by atoms with Gasteiger partial charge in [0.25, 0.3) is 5.91 Å². The zero-order valence-electron chi connectivity index (χ0n) is 9.15. The van der Waals surface area contributed by atoms with Crippen LogP contribution in [-0.4, -0.2) is 10.9 Å². The minimum absolute atomic E-state index is 0.0684. The molecule has 92 valence electrons. The molecule has 2 aromatic rings. The van der Waals surface area contributed by atoms with E-state index < -0.39 is 17.5 Å². The number of nitrogen functional groups attached to an aromatic ring is 1. The maximum absolute atomic E-state index is 13.5. The van der Waals surface area contributed by atoms with E-state index >= 15 is 0 Å². The number of nitrogens with two attached hydrogens (primary N) is 2. The zero-order chi connectivity index (χ0) is 13.3. The number of aromatic nitrogens is 1. The molecule has 6 heteroatoms. The molecule has 0 unspecified atom stereocenters. The smallest absolute Gasteiger partial charge is 0.269 e. The van der Waals surface area contributed by atoms with Crippen LogP contribution in [0.1, 0.15) is 10.5 Å². The number of hydrogen-bond acceptors (Lipinski definition) is 3. The van der Waals surface area contributed by atoms with Crippen LogP contribution < -0.4 is 11.5 Å². The summed E-state index contributed by atoms with van der Waals surface area (Å²) < 4.78 is 26.3. The first-order valence-electron chi connectivity index (χ1n) is 5.01. The maximum Gasteiger partial charge on any atom is 0.269 e. The molecule has 18 heavy (non-hydrogen) atoms. The molecule has 0 bridgehead atoms. The van der Waals surface area contributed by atoms with E-state index in [2.05, 4.69) is 4.98 Å². The molecule has 1 amide bonds. The van der Waals surface area contributed by atoms with Gasteiger partial charge in [0.05, 0.1) is 11.4 Å². The standard InChI is InChI=1S/C12H9F2N3O/c13-6-1-2-7(8(14)5-6)10-4-3-9(15)11(17-10)12(16)18/h1-5H,15H2,(H2,16,18). The van der Waals surface area contributed by atoms with Crippen LogP contribution in [0.25, 0.3) is 11.3 Å². The molecule has 2 rings (SSSR count). The Morgan fingerprint density at radius 1 is 1.17 bits per heavy atom. The van der Waals surface area contributed by atoms with Crippen LogP contribution in [0.3, 0.4) is 0 Å². The first-order chi connectivity index (χ1) is 8.49. The quantitative estimate of drug-likeness (QED) is 0.849. The lowest BCUT2D eigenvalue weighted by Crippen LogP contribution is -2.16. The molecule has 4 nitrogen and oxygen atoms in total. The van der Waals surface area contributed by atoms with E-state index in [9.17, 15) is 13.6 Å². The second kappa shape index (κ2) is 4.40. The Hall–Kier alpha value is -2.50. The fourth-order valence-electron chi connectivity index (χ4n) is 1.51. The van der Waals surface area contributed by atoms with Gasteiger partial charge in [-0.15, -0.1) is 0 Å². The van der Waals surface area contributed by atoms with Crippen LogP contribution in [0, 0.1) is 11.6 Å². The molecule has 0 saturated heterocycles. The highest BCUT2D eigenvalue weighted by molar-refractivity contribution is 5.96. The molecule has 0 aliphatic carbocycles. The van der Waals surface area contributed by atoms with E-state index in [-0.39, 0.29) is 22.6 Å². The van der Waals surface area contributed by atoms with Crippen molar-refractivity contribution in [3.8, 4) is 11.3 Å². The molecule has 0 saturated carbocycles. The number of primary amides is 1. The number of anilines is 1. The van der Waals surface area contributed by atoms with Gasteiger partial charge in [-0.25, -0.2) is 13.8 Å². The predicted octanol–water partition coefficient (Wildman–Crippen LogP) is 1.71. The van der Waals surface area contributed by atoms with Crippen molar-refractivity contribution in [3.05, 3.63) is 47.7 Å². The molecule has 4 N–H and O–H groups in total. The van der Waals surface area contributed by atoms with Crippen molar-refractivity contribution < 1.29 is 13.6 Å². The average molecular weight is 249 g/mol. The summed E-state index contributed by atoms with van der Waals surface area (Å²) in [5.74, 6) is -2.28. The monoisotopic (exact) mass is 249 g/mol. The normalized spacial score (nSPS) is 10.3. The molecule has 0 fully saturated rings. The highest BCUT2D eigenvalue weighted by Gasteiger charge is 2.12. The summed E-state index contributed by atoms with van der Waals surface area (Å²) >= 11 is 0. The minimum atomic E-state index is -0.808. The summed E-state index contributed by atoms with van der Waals surface area (Å²) in [5.41, 5.74) is 10.8. The van der Waals surface area contributed by atoms with Gasteiger partial charge in [-0.05, 0) is 24.3 Å². The number of rotatable bonds is 2. The van der Waals surface area contributed by atoms with Gasteiger partial charge in [-0.3, -0.25) is 4.79 Å². The van der Waals surface area contributed by atoms with Crippen LogP contribution >= 0.6 is 0 Å². The Bertz CT molecular complexity index is 629. The topological polar surface area (TPSA) is 82.0 Å². The van der Waals surface area contributed by atoms with Gasteiger partial charge in [0.1, 0.15) is 11.6 Å². The number of carbonyl (C=O) groups excluding carboxylic acids is 1. The van der Waals surface area contributed by atoms with Crippen molar-refractivity contribution in [3.63, 3.8) is 0 Å². The van der Waals surface area contributed by atoms with Gasteiger partial charge in [-0.1, -0.05) is 0 Å². The first-order valence-corrected chi connectivity index (χ1v) is 5.01. The van der Waals surface area contributed by atoms with E-state index in [1.54, 1.807) is 0 Å². The fraction of sp³-hybridized carbons (Fsp3) is 0. The van der Waals surface area contributed by atoms with Crippen molar-refractivity contribution in [2.24, 2.45) is 5.73 Å². The van der Waals surface area contributed by atoms with Crippen LogP contribution in [-0.2, 0) is 0 Å². The Balaban J connectivity index is 2.58. The molecular formula is C12H9F2N3O. The van der Waals surface area contributed by atoms with Crippen LogP contribution in [0.15, 0.2) is 30.3 Å². The van der Waals surface area contributed by atoms with Gasteiger partial charge in [0.15, 0.2) is 5.69 Å². The van der Waals surface area contributed by atoms with Gasteiger partial charge in [0.2, 0.25) is 0 Å². The van der Waals surface area contributed by atoms with Gasteiger partial charge in [0, 0.05) is 11.6 Å². The lowest BCUT2D eigenvalue weighted by atomic mass is 10.1.